The third-order valence-corrected chi connectivity index (χ3v) is 4.79. The van der Waals surface area contributed by atoms with E-state index in [1.807, 2.05) is 11.4 Å². The summed E-state index contributed by atoms with van der Waals surface area (Å²) in [5, 5.41) is 12.0. The van der Waals surface area contributed by atoms with Gasteiger partial charge in [-0.05, 0) is 28.4 Å². The van der Waals surface area contributed by atoms with Crippen molar-refractivity contribution in [2.45, 2.75) is 64.4 Å². The van der Waals surface area contributed by atoms with E-state index >= 15 is 0 Å². The minimum absolute atomic E-state index is 0.262. The summed E-state index contributed by atoms with van der Waals surface area (Å²) in [5.41, 5.74) is 0. The number of thiophene rings is 1. The highest BCUT2D eigenvalue weighted by Crippen LogP contribution is 2.28. The predicted octanol–water partition coefficient (Wildman–Crippen LogP) is 5.68. The van der Waals surface area contributed by atoms with E-state index in [-0.39, 0.29) is 6.10 Å². The summed E-state index contributed by atoms with van der Waals surface area (Å²) in [6, 6.07) is 2.02. The Bertz CT molecular complexity index is 298. The number of hydrogen-bond acceptors (Lipinski definition) is 2. The first-order chi connectivity index (χ1) is 8.24. The van der Waals surface area contributed by atoms with Crippen molar-refractivity contribution >= 4 is 27.3 Å². The molecule has 1 aromatic heterocycles. The Labute approximate surface area is 117 Å². The molecule has 3 heteroatoms. The van der Waals surface area contributed by atoms with Crippen LogP contribution >= 0.6 is 27.3 Å². The number of aliphatic hydroxyl groups excluding tert-OH is 1. The molecule has 1 rings (SSSR count). The van der Waals surface area contributed by atoms with Gasteiger partial charge in [-0.1, -0.05) is 51.9 Å². The molecule has 0 saturated carbocycles. The average Bonchev–Trinajstić information content (AvgIpc) is 2.74. The maximum Gasteiger partial charge on any atom is 0.0882 e. The fourth-order valence-corrected chi connectivity index (χ4v) is 3.41. The molecule has 98 valence electrons. The van der Waals surface area contributed by atoms with E-state index in [1.165, 1.54) is 38.5 Å². The van der Waals surface area contributed by atoms with E-state index in [1.54, 1.807) is 11.3 Å². The summed E-state index contributed by atoms with van der Waals surface area (Å²) < 4.78 is 1.08. The molecule has 0 aliphatic rings. The first-order valence-corrected chi connectivity index (χ1v) is 8.33. The van der Waals surface area contributed by atoms with Crippen LogP contribution in [-0.4, -0.2) is 5.11 Å². The Morgan fingerprint density at radius 1 is 1.18 bits per heavy atom. The molecule has 0 aliphatic heterocycles. The summed E-state index contributed by atoms with van der Waals surface area (Å²) in [6.45, 7) is 2.25. The fraction of sp³-hybridized carbons (Fsp3) is 0.714. The van der Waals surface area contributed by atoms with Crippen LogP contribution in [0.25, 0.3) is 0 Å². The van der Waals surface area contributed by atoms with Crippen LogP contribution in [-0.2, 0) is 0 Å². The van der Waals surface area contributed by atoms with Gasteiger partial charge in [-0.2, -0.15) is 0 Å². The minimum Gasteiger partial charge on any atom is -0.388 e. The summed E-state index contributed by atoms with van der Waals surface area (Å²) in [4.78, 5) is 1.09. The second-order valence-electron chi connectivity index (χ2n) is 4.59. The summed E-state index contributed by atoms with van der Waals surface area (Å²) in [6.07, 6.45) is 9.77. The lowest BCUT2D eigenvalue weighted by Gasteiger charge is -2.07. The lowest BCUT2D eigenvalue weighted by Crippen LogP contribution is -1.94. The zero-order valence-electron chi connectivity index (χ0n) is 10.6. The van der Waals surface area contributed by atoms with Crippen LogP contribution in [0.3, 0.4) is 0 Å². The van der Waals surface area contributed by atoms with Gasteiger partial charge in [0.1, 0.15) is 0 Å². The first kappa shape index (κ1) is 15.2. The highest BCUT2D eigenvalue weighted by molar-refractivity contribution is 9.10. The maximum atomic E-state index is 9.96. The summed E-state index contributed by atoms with van der Waals surface area (Å²) in [7, 11) is 0. The van der Waals surface area contributed by atoms with Gasteiger partial charge in [-0.15, -0.1) is 11.3 Å². The van der Waals surface area contributed by atoms with Crippen LogP contribution < -0.4 is 0 Å². The molecule has 0 radical (unpaired) electrons. The molecule has 17 heavy (non-hydrogen) atoms. The lowest BCUT2D eigenvalue weighted by molar-refractivity contribution is 0.167. The van der Waals surface area contributed by atoms with E-state index in [9.17, 15) is 5.11 Å². The third-order valence-electron chi connectivity index (χ3n) is 3.00. The van der Waals surface area contributed by atoms with E-state index in [0.29, 0.717) is 0 Å². The number of unbranched alkanes of at least 4 members (excludes halogenated alkanes) is 6. The molecule has 0 amide bonds. The normalized spacial score (nSPS) is 12.9. The molecule has 1 nitrogen and oxygen atoms in total. The smallest absolute Gasteiger partial charge is 0.0882 e. The van der Waals surface area contributed by atoms with Gasteiger partial charge >= 0.3 is 0 Å². The second-order valence-corrected chi connectivity index (χ2v) is 6.45. The molecule has 1 aromatic rings. The van der Waals surface area contributed by atoms with Crippen molar-refractivity contribution in [3.8, 4) is 0 Å². The fourth-order valence-electron chi connectivity index (χ4n) is 1.94. The van der Waals surface area contributed by atoms with Crippen molar-refractivity contribution in [2.24, 2.45) is 0 Å². The molecule has 0 aromatic carbocycles. The van der Waals surface area contributed by atoms with Crippen LogP contribution in [0.2, 0.25) is 0 Å². The monoisotopic (exact) mass is 318 g/mol. The van der Waals surface area contributed by atoms with Crippen LogP contribution in [0.4, 0.5) is 0 Å². The molecule has 1 atom stereocenters. The Hall–Kier alpha value is 0.140. The van der Waals surface area contributed by atoms with Gasteiger partial charge in [0.25, 0.3) is 0 Å². The quantitative estimate of drug-likeness (QED) is 0.580. The van der Waals surface area contributed by atoms with E-state index in [4.69, 9.17) is 0 Å². The Balaban J connectivity index is 2.03. The molecule has 0 bridgehead atoms. The molecule has 1 unspecified atom stereocenters. The van der Waals surface area contributed by atoms with Crippen LogP contribution in [0, 0.1) is 0 Å². The van der Waals surface area contributed by atoms with Crippen molar-refractivity contribution in [2.75, 3.05) is 0 Å². The maximum absolute atomic E-state index is 9.96. The number of halogens is 1. The zero-order chi connectivity index (χ0) is 12.5. The van der Waals surface area contributed by atoms with E-state index < -0.39 is 0 Å². The molecule has 0 aliphatic carbocycles. The first-order valence-electron chi connectivity index (χ1n) is 6.66. The van der Waals surface area contributed by atoms with Gasteiger partial charge in [0.15, 0.2) is 0 Å². The highest BCUT2D eigenvalue weighted by atomic mass is 79.9. The van der Waals surface area contributed by atoms with Gasteiger partial charge < -0.3 is 5.11 Å². The molecule has 0 saturated heterocycles. The highest BCUT2D eigenvalue weighted by Gasteiger charge is 2.09. The molecular weight excluding hydrogens is 296 g/mol. The summed E-state index contributed by atoms with van der Waals surface area (Å²) >= 11 is 5.05. The molecule has 0 fully saturated rings. The Kier molecular flexibility index (Phi) is 8.15. The standard InChI is InChI=1S/C14H23BrOS/c1-2-3-4-5-6-7-8-9-13(16)14-10-12(15)11-17-14/h10-11,13,16H,2-9H2,1H3. The minimum atomic E-state index is -0.262. The van der Waals surface area contributed by atoms with Crippen LogP contribution in [0.1, 0.15) is 69.3 Å². The molecule has 1 N–H and O–H groups in total. The van der Waals surface area contributed by atoms with Crippen molar-refractivity contribution < 1.29 is 5.11 Å². The molecular formula is C14H23BrOS. The predicted molar refractivity (Wildman–Crippen MR) is 79.6 cm³/mol. The van der Waals surface area contributed by atoms with Crippen molar-refractivity contribution in [3.63, 3.8) is 0 Å². The van der Waals surface area contributed by atoms with Gasteiger partial charge in [0.05, 0.1) is 6.10 Å². The number of rotatable bonds is 9. The molecule has 0 spiro atoms. The Morgan fingerprint density at radius 3 is 2.41 bits per heavy atom. The van der Waals surface area contributed by atoms with Gasteiger partial charge in [0.2, 0.25) is 0 Å². The lowest BCUT2D eigenvalue weighted by atomic mass is 10.1. The Morgan fingerprint density at radius 2 is 1.82 bits per heavy atom. The molecule has 1 heterocycles. The zero-order valence-corrected chi connectivity index (χ0v) is 13.0. The number of hydrogen-bond donors (Lipinski definition) is 1. The van der Waals surface area contributed by atoms with Crippen LogP contribution in [0.15, 0.2) is 15.9 Å². The SMILES string of the molecule is CCCCCCCCCC(O)c1cc(Br)cs1. The van der Waals surface area contributed by atoms with Gasteiger partial charge in [-0.25, -0.2) is 0 Å². The van der Waals surface area contributed by atoms with Crippen molar-refractivity contribution in [3.05, 3.63) is 20.8 Å². The average molecular weight is 319 g/mol. The third kappa shape index (κ3) is 6.58. The van der Waals surface area contributed by atoms with Crippen molar-refractivity contribution in [1.82, 2.24) is 0 Å². The summed E-state index contributed by atoms with van der Waals surface area (Å²) in [5.74, 6) is 0. The van der Waals surface area contributed by atoms with Gasteiger partial charge in [-0.3, -0.25) is 0 Å². The van der Waals surface area contributed by atoms with E-state index in [0.717, 1.165) is 22.2 Å². The van der Waals surface area contributed by atoms with E-state index in [2.05, 4.69) is 22.9 Å². The number of aliphatic hydroxyl groups is 1. The largest absolute Gasteiger partial charge is 0.388 e. The topological polar surface area (TPSA) is 20.2 Å². The van der Waals surface area contributed by atoms with Crippen molar-refractivity contribution in [1.29, 1.82) is 0 Å². The van der Waals surface area contributed by atoms with Gasteiger partial charge in [0, 0.05) is 14.7 Å². The van der Waals surface area contributed by atoms with Crippen LogP contribution in [0.5, 0.6) is 0 Å². The second kappa shape index (κ2) is 9.12.